The van der Waals surface area contributed by atoms with Crippen LogP contribution in [0.2, 0.25) is 0 Å². The lowest BCUT2D eigenvalue weighted by molar-refractivity contribution is 0.0931. The van der Waals surface area contributed by atoms with Crippen LogP contribution in [-0.2, 0) is 0 Å². The number of nitrogens with one attached hydrogen (secondary N) is 1. The second-order valence-electron chi connectivity index (χ2n) is 6.75. The Hall–Kier alpha value is -2.29. The third kappa shape index (κ3) is 4.60. The number of benzene rings is 2. The SMILES string of the molecule is COc1ccc([C@H](CC(C)C)NC(=O)c2cc(C)ccc2C)cc1. The van der Waals surface area contributed by atoms with Gasteiger partial charge in [0.2, 0.25) is 0 Å². The number of carbonyl (C=O) groups excluding carboxylic acids is 1. The van der Waals surface area contributed by atoms with Crippen molar-refractivity contribution >= 4 is 5.91 Å². The molecule has 0 heterocycles. The summed E-state index contributed by atoms with van der Waals surface area (Å²) in [6.07, 6.45) is 0.892. The lowest BCUT2D eigenvalue weighted by Crippen LogP contribution is -2.30. The Balaban J connectivity index is 2.24. The van der Waals surface area contributed by atoms with Crippen LogP contribution in [0.25, 0.3) is 0 Å². The van der Waals surface area contributed by atoms with Crippen LogP contribution in [0.15, 0.2) is 42.5 Å². The Morgan fingerprint density at radius 3 is 2.33 bits per heavy atom. The van der Waals surface area contributed by atoms with E-state index in [0.717, 1.165) is 34.4 Å². The van der Waals surface area contributed by atoms with Crippen molar-refractivity contribution < 1.29 is 9.53 Å². The van der Waals surface area contributed by atoms with Gasteiger partial charge in [0.1, 0.15) is 5.75 Å². The molecule has 0 radical (unpaired) electrons. The summed E-state index contributed by atoms with van der Waals surface area (Å²) >= 11 is 0. The third-order valence-electron chi connectivity index (χ3n) is 4.17. The summed E-state index contributed by atoms with van der Waals surface area (Å²) in [5.41, 5.74) is 3.94. The van der Waals surface area contributed by atoms with Gasteiger partial charge in [-0.1, -0.05) is 43.7 Å². The molecule has 0 saturated heterocycles. The van der Waals surface area contributed by atoms with Gasteiger partial charge in [0.25, 0.3) is 5.91 Å². The van der Waals surface area contributed by atoms with Crippen LogP contribution in [0.1, 0.15) is 53.4 Å². The maximum Gasteiger partial charge on any atom is 0.252 e. The van der Waals surface area contributed by atoms with E-state index in [2.05, 4.69) is 19.2 Å². The summed E-state index contributed by atoms with van der Waals surface area (Å²) in [6, 6.07) is 13.9. The molecule has 0 spiro atoms. The number of hydrogen-bond acceptors (Lipinski definition) is 2. The fourth-order valence-corrected chi connectivity index (χ4v) is 2.80. The zero-order valence-electron chi connectivity index (χ0n) is 15.2. The van der Waals surface area contributed by atoms with E-state index >= 15 is 0 Å². The smallest absolute Gasteiger partial charge is 0.252 e. The van der Waals surface area contributed by atoms with Crippen LogP contribution in [0, 0.1) is 19.8 Å². The molecule has 128 valence electrons. The summed E-state index contributed by atoms with van der Waals surface area (Å²) in [5.74, 6) is 1.29. The number of ether oxygens (including phenoxy) is 1. The summed E-state index contributed by atoms with van der Waals surface area (Å²) in [6.45, 7) is 8.31. The van der Waals surface area contributed by atoms with Gasteiger partial charge in [0.15, 0.2) is 0 Å². The number of rotatable bonds is 6. The average molecular weight is 325 g/mol. The molecule has 24 heavy (non-hydrogen) atoms. The Morgan fingerprint density at radius 1 is 1.08 bits per heavy atom. The van der Waals surface area contributed by atoms with Gasteiger partial charge in [-0.25, -0.2) is 0 Å². The van der Waals surface area contributed by atoms with Crippen molar-refractivity contribution in [3.05, 3.63) is 64.7 Å². The van der Waals surface area contributed by atoms with Crippen molar-refractivity contribution in [2.24, 2.45) is 5.92 Å². The van der Waals surface area contributed by atoms with Gasteiger partial charge in [-0.3, -0.25) is 4.79 Å². The van der Waals surface area contributed by atoms with E-state index in [4.69, 9.17) is 4.74 Å². The lowest BCUT2D eigenvalue weighted by atomic mass is 9.96. The Morgan fingerprint density at radius 2 is 1.75 bits per heavy atom. The standard InChI is InChI=1S/C21H27NO2/c1-14(2)12-20(17-8-10-18(24-5)11-9-17)22-21(23)19-13-15(3)6-7-16(19)4/h6-11,13-14,20H,12H2,1-5H3,(H,22,23)/t20-/m0/s1. The maximum atomic E-state index is 12.8. The van der Waals surface area contributed by atoms with Gasteiger partial charge >= 0.3 is 0 Å². The van der Waals surface area contributed by atoms with Crippen molar-refractivity contribution in [3.63, 3.8) is 0 Å². The Kier molecular flexibility index (Phi) is 6.02. The first-order valence-corrected chi connectivity index (χ1v) is 8.42. The van der Waals surface area contributed by atoms with Gasteiger partial charge in [0, 0.05) is 5.56 Å². The average Bonchev–Trinajstić information content (AvgIpc) is 2.56. The predicted octanol–water partition coefficient (Wildman–Crippen LogP) is 4.83. The molecule has 3 heteroatoms. The first-order valence-electron chi connectivity index (χ1n) is 8.42. The summed E-state index contributed by atoms with van der Waals surface area (Å²) in [5, 5.41) is 3.21. The molecule has 0 aliphatic heterocycles. The topological polar surface area (TPSA) is 38.3 Å². The van der Waals surface area contributed by atoms with Crippen LogP contribution in [0.4, 0.5) is 0 Å². The predicted molar refractivity (Wildman–Crippen MR) is 98.6 cm³/mol. The van der Waals surface area contributed by atoms with Crippen molar-refractivity contribution in [2.45, 2.75) is 40.2 Å². The molecule has 2 rings (SSSR count). The zero-order valence-corrected chi connectivity index (χ0v) is 15.2. The van der Waals surface area contributed by atoms with Gasteiger partial charge < -0.3 is 10.1 Å². The van der Waals surface area contributed by atoms with Crippen molar-refractivity contribution in [1.29, 1.82) is 0 Å². The van der Waals surface area contributed by atoms with Crippen molar-refractivity contribution in [2.75, 3.05) is 7.11 Å². The van der Waals surface area contributed by atoms with E-state index in [1.807, 2.05) is 56.3 Å². The molecule has 1 N–H and O–H groups in total. The lowest BCUT2D eigenvalue weighted by Gasteiger charge is -2.22. The van der Waals surface area contributed by atoms with E-state index in [0.29, 0.717) is 5.92 Å². The molecule has 3 nitrogen and oxygen atoms in total. The Labute approximate surface area is 145 Å². The van der Waals surface area contributed by atoms with Gasteiger partial charge in [-0.05, 0) is 55.5 Å². The monoisotopic (exact) mass is 325 g/mol. The molecule has 0 unspecified atom stereocenters. The third-order valence-corrected chi connectivity index (χ3v) is 4.17. The Bertz CT molecular complexity index is 689. The highest BCUT2D eigenvalue weighted by Crippen LogP contribution is 2.24. The zero-order chi connectivity index (χ0) is 17.7. The van der Waals surface area contributed by atoms with Crippen molar-refractivity contribution in [3.8, 4) is 5.75 Å². The van der Waals surface area contributed by atoms with Gasteiger partial charge in [0.05, 0.1) is 13.2 Å². The molecule has 0 bridgehead atoms. The van der Waals surface area contributed by atoms with E-state index in [1.165, 1.54) is 0 Å². The minimum Gasteiger partial charge on any atom is -0.497 e. The maximum absolute atomic E-state index is 12.8. The highest BCUT2D eigenvalue weighted by Gasteiger charge is 2.18. The first kappa shape index (κ1) is 18.1. The molecular formula is C21H27NO2. The molecule has 0 aromatic heterocycles. The number of methoxy groups -OCH3 is 1. The molecule has 1 amide bonds. The van der Waals surface area contributed by atoms with Crippen LogP contribution < -0.4 is 10.1 Å². The molecule has 0 aliphatic carbocycles. The molecule has 0 saturated carbocycles. The van der Waals surface area contributed by atoms with E-state index in [9.17, 15) is 4.79 Å². The van der Waals surface area contributed by atoms with E-state index < -0.39 is 0 Å². The number of carbonyl (C=O) groups is 1. The summed E-state index contributed by atoms with van der Waals surface area (Å²) < 4.78 is 5.22. The number of amides is 1. The molecule has 2 aromatic rings. The minimum absolute atomic E-state index is 0.0108. The fraction of sp³-hybridized carbons (Fsp3) is 0.381. The second-order valence-corrected chi connectivity index (χ2v) is 6.75. The van der Waals surface area contributed by atoms with Crippen LogP contribution >= 0.6 is 0 Å². The molecule has 0 fully saturated rings. The van der Waals surface area contributed by atoms with Crippen LogP contribution in [0.3, 0.4) is 0 Å². The highest BCUT2D eigenvalue weighted by atomic mass is 16.5. The summed E-state index contributed by atoms with van der Waals surface area (Å²) in [7, 11) is 1.66. The first-order chi connectivity index (χ1) is 11.4. The summed E-state index contributed by atoms with van der Waals surface area (Å²) in [4.78, 5) is 12.8. The molecular weight excluding hydrogens is 298 g/mol. The normalized spacial score (nSPS) is 12.1. The quantitative estimate of drug-likeness (QED) is 0.826. The number of aryl methyl sites for hydroxylation is 2. The van der Waals surface area contributed by atoms with Gasteiger partial charge in [-0.15, -0.1) is 0 Å². The molecule has 0 aliphatic rings. The minimum atomic E-state index is -0.0160. The van der Waals surface area contributed by atoms with Gasteiger partial charge in [-0.2, -0.15) is 0 Å². The van der Waals surface area contributed by atoms with E-state index in [1.54, 1.807) is 7.11 Å². The van der Waals surface area contributed by atoms with Crippen LogP contribution in [-0.4, -0.2) is 13.0 Å². The molecule has 1 atom stereocenters. The highest BCUT2D eigenvalue weighted by molar-refractivity contribution is 5.96. The molecule has 2 aromatic carbocycles. The number of hydrogen-bond donors (Lipinski definition) is 1. The fourth-order valence-electron chi connectivity index (χ4n) is 2.80. The van der Waals surface area contributed by atoms with Crippen LogP contribution in [0.5, 0.6) is 5.75 Å². The van der Waals surface area contributed by atoms with E-state index in [-0.39, 0.29) is 11.9 Å². The van der Waals surface area contributed by atoms with Crippen molar-refractivity contribution in [1.82, 2.24) is 5.32 Å². The second kappa shape index (κ2) is 8.00. The largest absolute Gasteiger partial charge is 0.497 e.